The Labute approximate surface area is 116 Å². The van der Waals surface area contributed by atoms with E-state index in [9.17, 15) is 4.39 Å². The topological polar surface area (TPSA) is 34.2 Å². The fourth-order valence-corrected chi connectivity index (χ4v) is 1.74. The summed E-state index contributed by atoms with van der Waals surface area (Å²) >= 11 is 5.63. The highest BCUT2D eigenvalue weighted by Gasteiger charge is 2.12. The van der Waals surface area contributed by atoms with E-state index in [4.69, 9.17) is 16.3 Å². The minimum Gasteiger partial charge on any atom is -0.439 e. The number of nitrogens with zero attached hydrogens (tertiary/aromatic N) is 1. The van der Waals surface area contributed by atoms with Gasteiger partial charge in [-0.1, -0.05) is 17.7 Å². The van der Waals surface area contributed by atoms with Crippen molar-refractivity contribution < 1.29 is 9.13 Å². The molecule has 1 N–H and O–H groups in total. The third kappa shape index (κ3) is 3.22. The van der Waals surface area contributed by atoms with E-state index in [1.54, 1.807) is 12.3 Å². The van der Waals surface area contributed by atoms with Crippen LogP contribution in [0.5, 0.6) is 11.6 Å². The van der Waals surface area contributed by atoms with Crippen molar-refractivity contribution >= 4 is 11.6 Å². The van der Waals surface area contributed by atoms with Gasteiger partial charge in [-0.2, -0.15) is 0 Å². The molecule has 0 fully saturated rings. The molecule has 0 amide bonds. The lowest BCUT2D eigenvalue weighted by Crippen LogP contribution is -2.13. The van der Waals surface area contributed by atoms with Gasteiger partial charge >= 0.3 is 0 Å². The number of hydrogen-bond acceptors (Lipinski definition) is 3. The van der Waals surface area contributed by atoms with Crippen LogP contribution in [0.3, 0.4) is 0 Å². The normalized spacial score (nSPS) is 12.2. The summed E-state index contributed by atoms with van der Waals surface area (Å²) in [6.07, 6.45) is 1.63. The smallest absolute Gasteiger partial charge is 0.223 e. The summed E-state index contributed by atoms with van der Waals surface area (Å²) in [6.45, 7) is 1.99. The number of ether oxygens (including phenoxy) is 1. The van der Waals surface area contributed by atoms with Crippen molar-refractivity contribution in [3.05, 3.63) is 52.9 Å². The molecule has 1 heterocycles. The fourth-order valence-electron chi connectivity index (χ4n) is 1.63. The first kappa shape index (κ1) is 13.8. The van der Waals surface area contributed by atoms with Gasteiger partial charge in [0.15, 0.2) is 0 Å². The average molecular weight is 281 g/mol. The van der Waals surface area contributed by atoms with Gasteiger partial charge in [-0.3, -0.25) is 0 Å². The highest BCUT2D eigenvalue weighted by molar-refractivity contribution is 6.30. The number of hydrogen-bond donors (Lipinski definition) is 1. The first-order valence-corrected chi connectivity index (χ1v) is 6.24. The molecule has 3 nitrogen and oxygen atoms in total. The van der Waals surface area contributed by atoms with Crippen LogP contribution in [0.4, 0.5) is 4.39 Å². The number of rotatable bonds is 4. The Morgan fingerprint density at radius 2 is 2.16 bits per heavy atom. The molecule has 0 aliphatic rings. The lowest BCUT2D eigenvalue weighted by molar-refractivity contribution is 0.443. The van der Waals surface area contributed by atoms with Crippen molar-refractivity contribution in [2.75, 3.05) is 7.05 Å². The molecule has 5 heteroatoms. The second-order valence-corrected chi connectivity index (χ2v) is 4.49. The maximum atomic E-state index is 13.4. The maximum absolute atomic E-state index is 13.4. The van der Waals surface area contributed by atoms with Gasteiger partial charge in [0.05, 0.1) is 5.02 Å². The van der Waals surface area contributed by atoms with Gasteiger partial charge in [-0.15, -0.1) is 0 Å². The molecule has 2 aromatic rings. The van der Waals surface area contributed by atoms with Crippen molar-refractivity contribution in [1.29, 1.82) is 0 Å². The van der Waals surface area contributed by atoms with Crippen LogP contribution in [0.1, 0.15) is 18.5 Å². The van der Waals surface area contributed by atoms with Crippen LogP contribution in [-0.2, 0) is 0 Å². The molecule has 0 aliphatic carbocycles. The number of aromatic nitrogens is 1. The Morgan fingerprint density at radius 3 is 2.84 bits per heavy atom. The Morgan fingerprint density at radius 1 is 1.37 bits per heavy atom. The molecule has 1 aromatic heterocycles. The molecule has 2 rings (SSSR count). The molecule has 0 aliphatic heterocycles. The number of halogens is 2. The summed E-state index contributed by atoms with van der Waals surface area (Å²) in [5, 5.41) is 3.18. The molecule has 0 spiro atoms. The van der Waals surface area contributed by atoms with Gasteiger partial charge in [-0.05, 0) is 32.2 Å². The Hall–Kier alpha value is -1.65. The molecule has 19 heavy (non-hydrogen) atoms. The number of benzene rings is 1. The maximum Gasteiger partial charge on any atom is 0.223 e. The van der Waals surface area contributed by atoms with E-state index in [0.717, 1.165) is 5.56 Å². The zero-order valence-electron chi connectivity index (χ0n) is 10.7. The van der Waals surface area contributed by atoms with Crippen LogP contribution in [0, 0.1) is 5.82 Å². The van der Waals surface area contributed by atoms with E-state index in [-0.39, 0.29) is 11.1 Å². The highest BCUT2D eigenvalue weighted by Crippen LogP contribution is 2.28. The standard InChI is InChI=1S/C14H14ClFN2O/c1-9(17-2)11-4-3-7-18-14(11)19-10-5-6-12(15)13(16)8-10/h3-9,17H,1-2H3. The third-order valence-electron chi connectivity index (χ3n) is 2.81. The predicted octanol–water partition coefficient (Wildman–Crippen LogP) is 3.95. The molecular weight excluding hydrogens is 267 g/mol. The second kappa shape index (κ2) is 5.99. The van der Waals surface area contributed by atoms with Gasteiger partial charge in [0.25, 0.3) is 0 Å². The summed E-state index contributed by atoms with van der Waals surface area (Å²) < 4.78 is 19.0. The lowest BCUT2D eigenvalue weighted by Gasteiger charge is -2.15. The first-order valence-electron chi connectivity index (χ1n) is 5.87. The first-order chi connectivity index (χ1) is 9.11. The quantitative estimate of drug-likeness (QED) is 0.921. The SMILES string of the molecule is CNC(C)c1cccnc1Oc1ccc(Cl)c(F)c1. The minimum absolute atomic E-state index is 0.0668. The Bertz CT molecular complexity index is 577. The summed E-state index contributed by atoms with van der Waals surface area (Å²) in [6, 6.07) is 8.13. The summed E-state index contributed by atoms with van der Waals surface area (Å²) in [4.78, 5) is 4.18. The molecule has 100 valence electrons. The number of nitrogens with one attached hydrogen (secondary N) is 1. The van der Waals surface area contributed by atoms with Gasteiger partial charge in [0.1, 0.15) is 11.6 Å². The fraction of sp³-hybridized carbons (Fsp3) is 0.214. The monoisotopic (exact) mass is 280 g/mol. The second-order valence-electron chi connectivity index (χ2n) is 4.09. The van der Waals surface area contributed by atoms with Crippen molar-refractivity contribution in [2.24, 2.45) is 0 Å². The van der Waals surface area contributed by atoms with Gasteiger partial charge in [0.2, 0.25) is 5.88 Å². The van der Waals surface area contributed by atoms with Gasteiger partial charge in [0, 0.05) is 23.9 Å². The van der Waals surface area contributed by atoms with Crippen LogP contribution in [0.2, 0.25) is 5.02 Å². The lowest BCUT2D eigenvalue weighted by atomic mass is 10.1. The zero-order chi connectivity index (χ0) is 13.8. The van der Waals surface area contributed by atoms with Gasteiger partial charge < -0.3 is 10.1 Å². The molecule has 0 saturated carbocycles. The molecule has 0 saturated heterocycles. The van der Waals surface area contributed by atoms with E-state index in [2.05, 4.69) is 10.3 Å². The Kier molecular flexibility index (Phi) is 4.35. The molecule has 1 atom stereocenters. The van der Waals surface area contributed by atoms with Crippen molar-refractivity contribution in [3.8, 4) is 11.6 Å². The predicted molar refractivity (Wildman–Crippen MR) is 73.2 cm³/mol. The molecule has 0 bridgehead atoms. The molecular formula is C14H14ClFN2O. The number of pyridine rings is 1. The molecule has 1 unspecified atom stereocenters. The minimum atomic E-state index is -0.515. The van der Waals surface area contributed by atoms with Crippen LogP contribution >= 0.6 is 11.6 Å². The van der Waals surface area contributed by atoms with Crippen LogP contribution in [-0.4, -0.2) is 12.0 Å². The summed E-state index contributed by atoms with van der Waals surface area (Å²) in [5.74, 6) is 0.300. The zero-order valence-corrected chi connectivity index (χ0v) is 11.4. The van der Waals surface area contributed by atoms with E-state index >= 15 is 0 Å². The largest absolute Gasteiger partial charge is 0.439 e. The van der Waals surface area contributed by atoms with Crippen molar-refractivity contribution in [1.82, 2.24) is 10.3 Å². The van der Waals surface area contributed by atoms with Crippen LogP contribution in [0.15, 0.2) is 36.5 Å². The Balaban J connectivity index is 2.30. The molecule has 1 aromatic carbocycles. The average Bonchev–Trinajstić information content (AvgIpc) is 2.43. The van der Waals surface area contributed by atoms with Gasteiger partial charge in [-0.25, -0.2) is 9.37 Å². The van der Waals surface area contributed by atoms with E-state index < -0.39 is 5.82 Å². The van der Waals surface area contributed by atoms with Crippen LogP contribution in [0.25, 0.3) is 0 Å². The van der Waals surface area contributed by atoms with Crippen LogP contribution < -0.4 is 10.1 Å². The highest BCUT2D eigenvalue weighted by atomic mass is 35.5. The van der Waals surface area contributed by atoms with Crippen molar-refractivity contribution in [3.63, 3.8) is 0 Å². The summed E-state index contributed by atoms with van der Waals surface area (Å²) in [5.41, 5.74) is 0.903. The third-order valence-corrected chi connectivity index (χ3v) is 3.11. The van der Waals surface area contributed by atoms with E-state index in [1.165, 1.54) is 12.1 Å². The summed E-state index contributed by atoms with van der Waals surface area (Å²) in [7, 11) is 1.85. The van der Waals surface area contributed by atoms with E-state index in [0.29, 0.717) is 11.6 Å². The van der Waals surface area contributed by atoms with E-state index in [1.807, 2.05) is 26.1 Å². The van der Waals surface area contributed by atoms with Crippen molar-refractivity contribution in [2.45, 2.75) is 13.0 Å². The molecule has 0 radical (unpaired) electrons.